The van der Waals surface area contributed by atoms with Gasteiger partial charge in [-0.15, -0.1) is 0 Å². The van der Waals surface area contributed by atoms with Gasteiger partial charge in [0.15, 0.2) is 0 Å². The number of nitrogens with zero attached hydrogens (tertiary/aromatic N) is 1. The fourth-order valence-electron chi connectivity index (χ4n) is 3.71. The van der Waals surface area contributed by atoms with Crippen LogP contribution in [-0.4, -0.2) is 17.3 Å². The van der Waals surface area contributed by atoms with Crippen LogP contribution in [0.15, 0.2) is 77.8 Å². The Bertz CT molecular complexity index is 989. The van der Waals surface area contributed by atoms with Crippen LogP contribution in [0.25, 0.3) is 11.1 Å². The van der Waals surface area contributed by atoms with Crippen molar-refractivity contribution in [3.05, 3.63) is 89.5 Å². The molecule has 0 spiro atoms. The van der Waals surface area contributed by atoms with Crippen molar-refractivity contribution in [2.45, 2.75) is 25.2 Å². The first kappa shape index (κ1) is 17.2. The molecule has 0 fully saturated rings. The molecular formula is C24H21NO2. The minimum Gasteiger partial charge on any atom is -0.478 e. The van der Waals surface area contributed by atoms with Gasteiger partial charge in [0, 0.05) is 6.21 Å². The highest BCUT2D eigenvalue weighted by Crippen LogP contribution is 2.35. The normalized spacial score (nSPS) is 15.8. The van der Waals surface area contributed by atoms with Gasteiger partial charge in [-0.1, -0.05) is 54.6 Å². The maximum Gasteiger partial charge on any atom is 0.335 e. The predicted molar refractivity (Wildman–Crippen MR) is 109 cm³/mol. The Balaban J connectivity index is 1.55. The molecule has 1 atom stereocenters. The molecule has 0 saturated carbocycles. The third kappa shape index (κ3) is 3.82. The smallest absolute Gasteiger partial charge is 0.335 e. The van der Waals surface area contributed by atoms with Crippen molar-refractivity contribution in [1.29, 1.82) is 0 Å². The Labute approximate surface area is 159 Å². The summed E-state index contributed by atoms with van der Waals surface area (Å²) in [6.45, 7) is 0. The first-order valence-corrected chi connectivity index (χ1v) is 9.25. The molecule has 3 aromatic rings. The minimum atomic E-state index is -0.900. The Hall–Kier alpha value is -3.20. The molecule has 0 saturated heterocycles. The molecule has 1 heterocycles. The van der Waals surface area contributed by atoms with Crippen molar-refractivity contribution < 1.29 is 9.90 Å². The van der Waals surface area contributed by atoms with Crippen molar-refractivity contribution >= 4 is 17.9 Å². The molecular weight excluding hydrogens is 334 g/mol. The monoisotopic (exact) mass is 355 g/mol. The van der Waals surface area contributed by atoms with Crippen LogP contribution in [0.2, 0.25) is 0 Å². The molecule has 0 bridgehead atoms. The molecule has 0 aliphatic carbocycles. The number of hydrogen-bond acceptors (Lipinski definition) is 2. The van der Waals surface area contributed by atoms with E-state index in [2.05, 4.69) is 47.5 Å². The molecule has 0 amide bonds. The van der Waals surface area contributed by atoms with Crippen LogP contribution in [0.3, 0.4) is 0 Å². The van der Waals surface area contributed by atoms with E-state index >= 15 is 0 Å². The van der Waals surface area contributed by atoms with Crippen molar-refractivity contribution in [1.82, 2.24) is 0 Å². The average Bonchev–Trinajstić information content (AvgIpc) is 2.91. The zero-order valence-corrected chi connectivity index (χ0v) is 15.0. The first-order chi connectivity index (χ1) is 13.2. The maximum atomic E-state index is 11.2. The zero-order chi connectivity index (χ0) is 18.6. The molecule has 1 aliphatic rings. The minimum absolute atomic E-state index is 0.312. The lowest BCUT2D eigenvalue weighted by molar-refractivity contribution is 0.0697. The number of carbonyl (C=O) groups is 1. The van der Waals surface area contributed by atoms with Crippen LogP contribution >= 0.6 is 0 Å². The molecule has 1 aliphatic heterocycles. The molecule has 1 N–H and O–H groups in total. The van der Waals surface area contributed by atoms with E-state index in [0.717, 1.165) is 36.1 Å². The lowest BCUT2D eigenvalue weighted by Crippen LogP contribution is -2.03. The summed E-state index contributed by atoms with van der Waals surface area (Å²) in [6.07, 6.45) is 5.11. The van der Waals surface area contributed by atoms with Gasteiger partial charge >= 0.3 is 5.97 Å². The Kier molecular flexibility index (Phi) is 4.84. The molecule has 4 rings (SSSR count). The molecule has 0 radical (unpaired) electrons. The summed E-state index contributed by atoms with van der Waals surface area (Å²) in [5, 5.41) is 9.18. The van der Waals surface area contributed by atoms with Crippen LogP contribution < -0.4 is 0 Å². The van der Waals surface area contributed by atoms with Gasteiger partial charge in [0.25, 0.3) is 0 Å². The van der Waals surface area contributed by atoms with Gasteiger partial charge in [-0.2, -0.15) is 0 Å². The van der Waals surface area contributed by atoms with Crippen molar-refractivity contribution in [2.24, 2.45) is 4.99 Å². The lowest BCUT2D eigenvalue weighted by Gasteiger charge is -2.17. The third-order valence-corrected chi connectivity index (χ3v) is 5.13. The zero-order valence-electron chi connectivity index (χ0n) is 15.0. The summed E-state index contributed by atoms with van der Waals surface area (Å²) in [5.41, 5.74) is 5.97. The van der Waals surface area contributed by atoms with Gasteiger partial charge in [-0.3, -0.25) is 4.99 Å². The second-order valence-electron chi connectivity index (χ2n) is 6.93. The van der Waals surface area contributed by atoms with Crippen molar-refractivity contribution in [2.75, 3.05) is 0 Å². The summed E-state index contributed by atoms with van der Waals surface area (Å²) >= 11 is 0. The van der Waals surface area contributed by atoms with Gasteiger partial charge in [0.1, 0.15) is 0 Å². The Morgan fingerprint density at radius 1 is 0.963 bits per heavy atom. The number of para-hydroxylation sites is 1. The van der Waals surface area contributed by atoms with E-state index in [1.165, 1.54) is 11.1 Å². The van der Waals surface area contributed by atoms with Gasteiger partial charge < -0.3 is 5.11 Å². The van der Waals surface area contributed by atoms with Crippen LogP contribution in [0.5, 0.6) is 0 Å². The van der Waals surface area contributed by atoms with E-state index in [1.807, 2.05) is 18.3 Å². The average molecular weight is 355 g/mol. The van der Waals surface area contributed by atoms with Crippen LogP contribution in [-0.2, 0) is 6.42 Å². The summed E-state index contributed by atoms with van der Waals surface area (Å²) in [6, 6.07) is 23.9. The van der Waals surface area contributed by atoms with E-state index in [-0.39, 0.29) is 0 Å². The number of aliphatic imine (C=N–C) groups is 1. The van der Waals surface area contributed by atoms with Crippen molar-refractivity contribution in [3.8, 4) is 11.1 Å². The number of benzene rings is 3. The number of aromatic carboxylic acids is 1. The second-order valence-corrected chi connectivity index (χ2v) is 6.93. The molecule has 0 aromatic heterocycles. The molecule has 3 aromatic carbocycles. The highest BCUT2D eigenvalue weighted by atomic mass is 16.4. The summed E-state index contributed by atoms with van der Waals surface area (Å²) in [7, 11) is 0. The molecule has 134 valence electrons. The quantitative estimate of drug-likeness (QED) is 0.636. The van der Waals surface area contributed by atoms with E-state index < -0.39 is 5.97 Å². The molecule has 1 unspecified atom stereocenters. The number of fused-ring (bicyclic) bond motifs is 1. The first-order valence-electron chi connectivity index (χ1n) is 9.25. The fourth-order valence-corrected chi connectivity index (χ4v) is 3.71. The van der Waals surface area contributed by atoms with Crippen LogP contribution in [0.4, 0.5) is 5.69 Å². The highest BCUT2D eigenvalue weighted by molar-refractivity contribution is 5.89. The highest BCUT2D eigenvalue weighted by Gasteiger charge is 2.17. The van der Waals surface area contributed by atoms with E-state index in [4.69, 9.17) is 0 Å². The number of carboxylic acid groups (broad SMARTS) is 1. The number of rotatable bonds is 4. The predicted octanol–water partition coefficient (Wildman–Crippen LogP) is 5.87. The van der Waals surface area contributed by atoms with Gasteiger partial charge in [0.2, 0.25) is 0 Å². The van der Waals surface area contributed by atoms with Crippen molar-refractivity contribution in [3.63, 3.8) is 0 Å². The van der Waals surface area contributed by atoms with E-state index in [1.54, 1.807) is 18.2 Å². The summed E-state index contributed by atoms with van der Waals surface area (Å²) in [4.78, 5) is 15.8. The SMILES string of the molecule is O=C(O)c1cccc(-c2ccc(CC3CCC=Nc4ccccc43)cc2)c1. The lowest BCUT2D eigenvalue weighted by atomic mass is 9.87. The largest absolute Gasteiger partial charge is 0.478 e. The fraction of sp³-hybridized carbons (Fsp3) is 0.167. The molecule has 3 heteroatoms. The topological polar surface area (TPSA) is 49.7 Å². The van der Waals surface area contributed by atoms with Crippen LogP contribution in [0, 0.1) is 0 Å². The van der Waals surface area contributed by atoms with Gasteiger partial charge in [-0.25, -0.2) is 4.79 Å². The van der Waals surface area contributed by atoms with Crippen LogP contribution in [0.1, 0.15) is 40.2 Å². The maximum absolute atomic E-state index is 11.2. The third-order valence-electron chi connectivity index (χ3n) is 5.13. The number of hydrogen-bond donors (Lipinski definition) is 1. The van der Waals surface area contributed by atoms with E-state index in [9.17, 15) is 9.90 Å². The standard InChI is InChI=1S/C24H21NO2/c26-24(27)21-6-3-5-19(16-21)18-12-10-17(11-13-18)15-20-7-4-14-25-23-9-2-1-8-22(20)23/h1-3,5-6,8-14,16,20H,4,7,15H2,(H,26,27). The number of carboxylic acids is 1. The van der Waals surface area contributed by atoms with Gasteiger partial charge in [0.05, 0.1) is 11.3 Å². The Morgan fingerprint density at radius 3 is 2.59 bits per heavy atom. The summed E-state index contributed by atoms with van der Waals surface area (Å²) in [5.74, 6) is -0.437. The summed E-state index contributed by atoms with van der Waals surface area (Å²) < 4.78 is 0. The Morgan fingerprint density at radius 2 is 1.78 bits per heavy atom. The molecule has 27 heavy (non-hydrogen) atoms. The molecule has 3 nitrogen and oxygen atoms in total. The van der Waals surface area contributed by atoms with E-state index in [0.29, 0.717) is 11.5 Å². The van der Waals surface area contributed by atoms with Gasteiger partial charge in [-0.05, 0) is 65.6 Å². The second kappa shape index (κ2) is 7.58.